The Balaban J connectivity index is 1.80. The predicted molar refractivity (Wildman–Crippen MR) is 82.5 cm³/mol. The molecule has 136 valence electrons. The highest BCUT2D eigenvalue weighted by Crippen LogP contribution is 2.44. The second-order valence-electron chi connectivity index (χ2n) is 5.34. The zero-order chi connectivity index (χ0) is 17.6. The van der Waals surface area contributed by atoms with Crippen molar-refractivity contribution in [3.8, 4) is 0 Å². The first-order valence-electron chi connectivity index (χ1n) is 7.61. The van der Waals surface area contributed by atoms with Crippen molar-refractivity contribution >= 4 is 7.82 Å². The van der Waals surface area contributed by atoms with E-state index in [9.17, 15) is 19.0 Å². The van der Waals surface area contributed by atoms with E-state index in [-0.39, 0.29) is 19.8 Å². The molecule has 1 aliphatic heterocycles. The molecule has 2 rings (SSSR count). The van der Waals surface area contributed by atoms with Gasteiger partial charge < -0.3 is 14.7 Å². The highest BCUT2D eigenvalue weighted by atomic mass is 31.2. The third kappa shape index (κ3) is 5.66. The SMILES string of the molecule is O=c1ccn([C@H]2CC[C@@H](COP(=O)(O)OCCCCO)O2)c(=O)[nH]1. The molecule has 0 radical (unpaired) electrons. The van der Waals surface area contributed by atoms with Crippen LogP contribution in [-0.4, -0.2) is 45.5 Å². The summed E-state index contributed by atoms with van der Waals surface area (Å²) in [5.41, 5.74) is -1.07. The quantitative estimate of drug-likeness (QED) is 0.415. The fourth-order valence-electron chi connectivity index (χ4n) is 2.28. The topological polar surface area (TPSA) is 140 Å². The van der Waals surface area contributed by atoms with Crippen molar-refractivity contribution in [3.05, 3.63) is 33.1 Å². The largest absolute Gasteiger partial charge is 0.472 e. The molecule has 0 saturated carbocycles. The van der Waals surface area contributed by atoms with E-state index < -0.39 is 31.4 Å². The molecule has 3 N–H and O–H groups in total. The van der Waals surface area contributed by atoms with E-state index >= 15 is 0 Å². The van der Waals surface area contributed by atoms with Crippen LogP contribution in [0.5, 0.6) is 0 Å². The summed E-state index contributed by atoms with van der Waals surface area (Å²) in [6.07, 6.45) is 2.27. The van der Waals surface area contributed by atoms with Crippen molar-refractivity contribution < 1.29 is 28.3 Å². The molecular weight excluding hydrogens is 343 g/mol. The molecule has 0 spiro atoms. The highest BCUT2D eigenvalue weighted by Gasteiger charge is 2.30. The van der Waals surface area contributed by atoms with Gasteiger partial charge in [0.25, 0.3) is 5.56 Å². The molecule has 0 aliphatic carbocycles. The van der Waals surface area contributed by atoms with Crippen LogP contribution in [0.4, 0.5) is 0 Å². The van der Waals surface area contributed by atoms with Crippen LogP contribution in [0.1, 0.15) is 31.9 Å². The summed E-state index contributed by atoms with van der Waals surface area (Å²) >= 11 is 0. The van der Waals surface area contributed by atoms with E-state index in [2.05, 4.69) is 4.98 Å². The van der Waals surface area contributed by atoms with Crippen LogP contribution in [0, 0.1) is 0 Å². The first-order valence-corrected chi connectivity index (χ1v) is 9.10. The molecule has 1 aliphatic rings. The van der Waals surface area contributed by atoms with Crippen LogP contribution in [0.2, 0.25) is 0 Å². The Hall–Kier alpha value is -1.29. The van der Waals surface area contributed by atoms with Gasteiger partial charge >= 0.3 is 13.5 Å². The Morgan fingerprint density at radius 1 is 1.33 bits per heavy atom. The fourth-order valence-corrected chi connectivity index (χ4v) is 3.07. The number of nitrogens with one attached hydrogen (secondary N) is 1. The maximum atomic E-state index is 11.7. The van der Waals surface area contributed by atoms with Crippen LogP contribution < -0.4 is 11.2 Å². The zero-order valence-corrected chi connectivity index (χ0v) is 13.9. The number of hydrogen-bond donors (Lipinski definition) is 3. The summed E-state index contributed by atoms with van der Waals surface area (Å²) in [7, 11) is -4.17. The standard InChI is InChI=1S/C13H21N2O8P/c16-7-1-2-8-21-24(19,20)22-9-10-3-4-12(23-10)15-6-5-11(17)14-13(15)18/h5-6,10,12,16H,1-4,7-9H2,(H,19,20)(H,14,17,18)/t10-,12+/m0/s1. The lowest BCUT2D eigenvalue weighted by atomic mass is 10.2. The molecule has 1 saturated heterocycles. The minimum atomic E-state index is -4.17. The molecule has 0 aromatic carbocycles. The van der Waals surface area contributed by atoms with Crippen molar-refractivity contribution in [2.24, 2.45) is 0 Å². The molecule has 1 aromatic rings. The van der Waals surface area contributed by atoms with Gasteiger partial charge in [-0.1, -0.05) is 0 Å². The fraction of sp³-hybridized carbons (Fsp3) is 0.692. The average Bonchev–Trinajstić information content (AvgIpc) is 2.98. The molecule has 0 amide bonds. The Labute approximate surface area is 137 Å². The molecule has 1 unspecified atom stereocenters. The molecule has 3 atom stereocenters. The second-order valence-corrected chi connectivity index (χ2v) is 6.79. The third-order valence-electron chi connectivity index (χ3n) is 3.48. The first kappa shape index (κ1) is 19.0. The monoisotopic (exact) mass is 364 g/mol. The molecule has 1 fully saturated rings. The van der Waals surface area contributed by atoms with Gasteiger partial charge in [0.15, 0.2) is 0 Å². The Kier molecular flexibility index (Phi) is 6.90. The number of nitrogens with zero attached hydrogens (tertiary/aromatic N) is 1. The van der Waals surface area contributed by atoms with E-state index in [1.165, 1.54) is 16.8 Å². The van der Waals surface area contributed by atoms with Crippen LogP contribution >= 0.6 is 7.82 Å². The van der Waals surface area contributed by atoms with E-state index in [0.717, 1.165) is 0 Å². The highest BCUT2D eigenvalue weighted by molar-refractivity contribution is 7.47. The molecular formula is C13H21N2O8P. The molecule has 0 bridgehead atoms. The molecule has 2 heterocycles. The van der Waals surface area contributed by atoms with Gasteiger partial charge in [0.2, 0.25) is 0 Å². The summed E-state index contributed by atoms with van der Waals surface area (Å²) < 4.78 is 28.2. The van der Waals surface area contributed by atoms with Crippen LogP contribution in [0.15, 0.2) is 21.9 Å². The summed E-state index contributed by atoms with van der Waals surface area (Å²) in [5.74, 6) is 0. The number of rotatable bonds is 9. The van der Waals surface area contributed by atoms with Crippen molar-refractivity contribution in [2.45, 2.75) is 38.0 Å². The van der Waals surface area contributed by atoms with E-state index in [1.54, 1.807) is 0 Å². The number of aliphatic hydroxyl groups is 1. The number of hydrogen-bond acceptors (Lipinski definition) is 7. The number of phosphoric acid groups is 1. The van der Waals surface area contributed by atoms with Gasteiger partial charge in [-0.25, -0.2) is 9.36 Å². The van der Waals surface area contributed by atoms with Crippen molar-refractivity contribution in [2.75, 3.05) is 19.8 Å². The number of aromatic nitrogens is 2. The number of aliphatic hydroxyl groups excluding tert-OH is 1. The summed E-state index contributed by atoms with van der Waals surface area (Å²) in [5, 5.41) is 8.62. The minimum Gasteiger partial charge on any atom is -0.396 e. The number of phosphoric ester groups is 1. The maximum Gasteiger partial charge on any atom is 0.472 e. The Morgan fingerprint density at radius 2 is 2.12 bits per heavy atom. The van der Waals surface area contributed by atoms with Gasteiger partial charge in [0.1, 0.15) is 6.23 Å². The lowest BCUT2D eigenvalue weighted by Crippen LogP contribution is -2.31. The van der Waals surface area contributed by atoms with Gasteiger partial charge in [0, 0.05) is 18.9 Å². The van der Waals surface area contributed by atoms with E-state index in [4.69, 9.17) is 18.9 Å². The third-order valence-corrected chi connectivity index (χ3v) is 4.46. The van der Waals surface area contributed by atoms with Crippen LogP contribution in [0.25, 0.3) is 0 Å². The summed E-state index contributed by atoms with van der Waals surface area (Å²) in [6.45, 7) is -0.154. The number of unbranched alkanes of at least 4 members (excludes halogenated alkanes) is 1. The number of ether oxygens (including phenoxy) is 1. The Morgan fingerprint density at radius 3 is 2.83 bits per heavy atom. The normalized spacial score (nSPS) is 23.2. The smallest absolute Gasteiger partial charge is 0.396 e. The minimum absolute atomic E-state index is 0.00919. The number of aromatic amines is 1. The van der Waals surface area contributed by atoms with Crippen molar-refractivity contribution in [1.82, 2.24) is 9.55 Å². The molecule has 10 nitrogen and oxygen atoms in total. The van der Waals surface area contributed by atoms with E-state index in [0.29, 0.717) is 25.7 Å². The predicted octanol–water partition coefficient (Wildman–Crippen LogP) is 0.120. The van der Waals surface area contributed by atoms with Crippen LogP contribution in [0.3, 0.4) is 0 Å². The van der Waals surface area contributed by atoms with Gasteiger partial charge in [-0.3, -0.25) is 23.4 Å². The van der Waals surface area contributed by atoms with Gasteiger partial charge in [-0.2, -0.15) is 0 Å². The van der Waals surface area contributed by atoms with Gasteiger partial charge in [0.05, 0.1) is 19.3 Å². The lowest BCUT2D eigenvalue weighted by molar-refractivity contribution is -0.0260. The van der Waals surface area contributed by atoms with E-state index in [1.807, 2.05) is 0 Å². The molecule has 24 heavy (non-hydrogen) atoms. The van der Waals surface area contributed by atoms with Crippen molar-refractivity contribution in [3.63, 3.8) is 0 Å². The zero-order valence-electron chi connectivity index (χ0n) is 13.0. The lowest BCUT2D eigenvalue weighted by Gasteiger charge is -2.17. The Bertz CT molecular complexity index is 687. The summed E-state index contributed by atoms with van der Waals surface area (Å²) in [4.78, 5) is 34.4. The number of H-pyrrole nitrogens is 1. The van der Waals surface area contributed by atoms with Crippen LogP contribution in [-0.2, 0) is 18.3 Å². The van der Waals surface area contributed by atoms with Crippen molar-refractivity contribution in [1.29, 1.82) is 0 Å². The van der Waals surface area contributed by atoms with Gasteiger partial charge in [-0.15, -0.1) is 0 Å². The van der Waals surface area contributed by atoms with Gasteiger partial charge in [-0.05, 0) is 25.7 Å². The molecule has 11 heteroatoms. The maximum absolute atomic E-state index is 11.7. The summed E-state index contributed by atoms with van der Waals surface area (Å²) in [6, 6.07) is 1.22. The molecule has 1 aromatic heterocycles. The second kappa shape index (κ2) is 8.70. The first-order chi connectivity index (χ1) is 11.4. The average molecular weight is 364 g/mol.